The molecule has 0 aliphatic carbocycles. The molecular weight excluding hydrogens is 418 g/mol. The van der Waals surface area contributed by atoms with E-state index in [1.54, 1.807) is 37.8 Å². The molecular formula is C23H17N9O. The SMILES string of the molecule is CC(=O)c1ccc(-n2cnc3cc(Nc4ccnnc4)ccc32)nc1-c1c(C#N)n[nH]c1C. The van der Waals surface area contributed by atoms with Crippen LogP contribution in [0.1, 0.15) is 28.7 Å². The molecule has 0 aliphatic heterocycles. The van der Waals surface area contributed by atoms with Crippen molar-refractivity contribution in [3.8, 4) is 23.1 Å². The first-order valence-corrected chi connectivity index (χ1v) is 10.0. The quantitative estimate of drug-likeness (QED) is 0.398. The van der Waals surface area contributed by atoms with Gasteiger partial charge in [-0.05, 0) is 50.2 Å². The molecule has 1 aromatic carbocycles. The Morgan fingerprint density at radius 1 is 1.15 bits per heavy atom. The van der Waals surface area contributed by atoms with Crippen molar-refractivity contribution in [2.75, 3.05) is 5.32 Å². The largest absolute Gasteiger partial charge is 0.354 e. The van der Waals surface area contributed by atoms with Gasteiger partial charge in [0, 0.05) is 16.9 Å². The number of Topliss-reactive ketones (excluding diaryl/α,β-unsaturated/α-hetero) is 1. The number of imidazole rings is 1. The number of hydrogen-bond acceptors (Lipinski definition) is 8. The Labute approximate surface area is 188 Å². The average molecular weight is 435 g/mol. The number of hydrogen-bond donors (Lipinski definition) is 2. The number of aromatic amines is 1. The minimum Gasteiger partial charge on any atom is -0.354 e. The van der Waals surface area contributed by atoms with Crippen LogP contribution in [0.25, 0.3) is 28.1 Å². The molecule has 0 unspecified atom stereocenters. The number of anilines is 2. The van der Waals surface area contributed by atoms with Crippen LogP contribution in [0.5, 0.6) is 0 Å². The summed E-state index contributed by atoms with van der Waals surface area (Å²) in [6, 6.07) is 13.1. The van der Waals surface area contributed by atoms with E-state index in [9.17, 15) is 10.1 Å². The maximum atomic E-state index is 12.3. The van der Waals surface area contributed by atoms with Gasteiger partial charge in [-0.1, -0.05) is 0 Å². The van der Waals surface area contributed by atoms with E-state index in [1.807, 2.05) is 28.8 Å². The zero-order valence-corrected chi connectivity index (χ0v) is 17.7. The van der Waals surface area contributed by atoms with Crippen molar-refractivity contribution in [1.82, 2.24) is 34.9 Å². The molecule has 0 spiro atoms. The molecule has 33 heavy (non-hydrogen) atoms. The molecule has 2 N–H and O–H groups in total. The number of carbonyl (C=O) groups excluding carboxylic acids is 1. The molecule has 0 fully saturated rings. The second-order valence-corrected chi connectivity index (χ2v) is 7.38. The summed E-state index contributed by atoms with van der Waals surface area (Å²) in [5, 5.41) is 27.2. The Hall–Kier alpha value is -4.91. The van der Waals surface area contributed by atoms with E-state index >= 15 is 0 Å². The molecule has 0 amide bonds. The van der Waals surface area contributed by atoms with Crippen molar-refractivity contribution in [3.63, 3.8) is 0 Å². The van der Waals surface area contributed by atoms with E-state index < -0.39 is 0 Å². The van der Waals surface area contributed by atoms with Crippen molar-refractivity contribution >= 4 is 28.2 Å². The van der Waals surface area contributed by atoms with Crippen LogP contribution in [0.4, 0.5) is 11.4 Å². The third kappa shape index (κ3) is 3.57. The van der Waals surface area contributed by atoms with Crippen LogP contribution in [-0.2, 0) is 0 Å². The fourth-order valence-corrected chi connectivity index (χ4v) is 3.66. The van der Waals surface area contributed by atoms with Crippen LogP contribution < -0.4 is 5.32 Å². The molecule has 0 aliphatic rings. The fraction of sp³-hybridized carbons (Fsp3) is 0.0870. The van der Waals surface area contributed by atoms with E-state index in [-0.39, 0.29) is 11.5 Å². The lowest BCUT2D eigenvalue weighted by atomic mass is 10.0. The van der Waals surface area contributed by atoms with Crippen LogP contribution >= 0.6 is 0 Å². The normalized spacial score (nSPS) is 10.8. The molecule has 4 aromatic heterocycles. The lowest BCUT2D eigenvalue weighted by Gasteiger charge is -2.11. The summed E-state index contributed by atoms with van der Waals surface area (Å²) in [4.78, 5) is 21.5. The molecule has 4 heterocycles. The summed E-state index contributed by atoms with van der Waals surface area (Å²) < 4.78 is 1.84. The number of H-pyrrole nitrogens is 1. The highest BCUT2D eigenvalue weighted by Gasteiger charge is 2.21. The summed E-state index contributed by atoms with van der Waals surface area (Å²) in [5.74, 6) is 0.423. The number of aryl methyl sites for hydroxylation is 1. The maximum Gasteiger partial charge on any atom is 0.171 e. The van der Waals surface area contributed by atoms with Gasteiger partial charge in [0.2, 0.25) is 0 Å². The van der Waals surface area contributed by atoms with Crippen molar-refractivity contribution in [1.29, 1.82) is 5.26 Å². The Morgan fingerprint density at radius 2 is 2.03 bits per heavy atom. The third-order valence-electron chi connectivity index (χ3n) is 5.22. The first kappa shape index (κ1) is 20.0. The topological polar surface area (TPSA) is 138 Å². The zero-order chi connectivity index (χ0) is 22.9. The number of benzene rings is 1. The predicted octanol–water partition coefficient (Wildman–Crippen LogP) is 3.73. The Kier molecular flexibility index (Phi) is 4.84. The highest BCUT2D eigenvalue weighted by Crippen LogP contribution is 2.30. The number of nitrogens with zero attached hydrogens (tertiary/aromatic N) is 7. The van der Waals surface area contributed by atoms with Gasteiger partial charge in [-0.15, -0.1) is 0 Å². The van der Waals surface area contributed by atoms with Crippen LogP contribution in [0, 0.1) is 18.3 Å². The Bertz CT molecular complexity index is 1540. The van der Waals surface area contributed by atoms with Gasteiger partial charge in [0.25, 0.3) is 0 Å². The molecule has 0 radical (unpaired) electrons. The molecule has 160 valence electrons. The fourth-order valence-electron chi connectivity index (χ4n) is 3.66. The lowest BCUT2D eigenvalue weighted by molar-refractivity contribution is 0.101. The third-order valence-corrected chi connectivity index (χ3v) is 5.22. The smallest absolute Gasteiger partial charge is 0.171 e. The van der Waals surface area contributed by atoms with Gasteiger partial charge >= 0.3 is 0 Å². The predicted molar refractivity (Wildman–Crippen MR) is 121 cm³/mol. The first-order valence-electron chi connectivity index (χ1n) is 10.0. The van der Waals surface area contributed by atoms with E-state index in [2.05, 4.69) is 36.8 Å². The number of nitriles is 1. The van der Waals surface area contributed by atoms with Crippen molar-refractivity contribution in [3.05, 3.63) is 72.1 Å². The van der Waals surface area contributed by atoms with E-state index in [4.69, 9.17) is 4.98 Å². The van der Waals surface area contributed by atoms with Gasteiger partial charge in [-0.3, -0.25) is 14.5 Å². The number of fused-ring (bicyclic) bond motifs is 1. The molecule has 0 bridgehead atoms. The summed E-state index contributed by atoms with van der Waals surface area (Å²) in [6.45, 7) is 3.27. The number of aromatic nitrogens is 7. The zero-order valence-electron chi connectivity index (χ0n) is 17.7. The number of rotatable bonds is 5. The number of pyridine rings is 1. The standard InChI is InChI=1S/C23H17N9O/c1-13-22(19(10-24)31-30-13)23-17(14(2)33)4-6-21(29-23)32-12-25-18-9-15(3-5-20(18)32)28-16-7-8-26-27-11-16/h3-9,11-12H,1-2H3,(H,26,28)(H,30,31). The minimum absolute atomic E-state index is 0.148. The van der Waals surface area contributed by atoms with Crippen molar-refractivity contribution < 1.29 is 4.79 Å². The van der Waals surface area contributed by atoms with Crippen LogP contribution in [-0.4, -0.2) is 40.7 Å². The second kappa shape index (κ2) is 7.97. The van der Waals surface area contributed by atoms with E-state index in [0.29, 0.717) is 28.3 Å². The highest BCUT2D eigenvalue weighted by molar-refractivity contribution is 6.00. The average Bonchev–Trinajstić information content (AvgIpc) is 3.42. The van der Waals surface area contributed by atoms with Gasteiger partial charge in [-0.2, -0.15) is 20.6 Å². The van der Waals surface area contributed by atoms with Gasteiger partial charge in [-0.25, -0.2) is 9.97 Å². The van der Waals surface area contributed by atoms with Gasteiger partial charge < -0.3 is 5.32 Å². The first-order chi connectivity index (χ1) is 16.0. The number of nitrogens with one attached hydrogen (secondary N) is 2. The van der Waals surface area contributed by atoms with Crippen LogP contribution in [0.2, 0.25) is 0 Å². The summed E-state index contributed by atoms with van der Waals surface area (Å²) >= 11 is 0. The maximum absolute atomic E-state index is 12.3. The number of ketones is 1. The van der Waals surface area contributed by atoms with E-state index in [1.165, 1.54) is 6.92 Å². The molecule has 10 nitrogen and oxygen atoms in total. The highest BCUT2D eigenvalue weighted by atomic mass is 16.1. The van der Waals surface area contributed by atoms with Gasteiger partial charge in [0.15, 0.2) is 11.5 Å². The van der Waals surface area contributed by atoms with Crippen LogP contribution in [0.15, 0.2) is 55.1 Å². The molecule has 5 aromatic rings. The molecule has 0 saturated carbocycles. The summed E-state index contributed by atoms with van der Waals surface area (Å²) in [7, 11) is 0. The second-order valence-electron chi connectivity index (χ2n) is 7.38. The monoisotopic (exact) mass is 435 g/mol. The lowest BCUT2D eigenvalue weighted by Crippen LogP contribution is -2.04. The minimum atomic E-state index is -0.148. The molecule has 0 atom stereocenters. The molecule has 5 rings (SSSR count). The van der Waals surface area contributed by atoms with E-state index in [0.717, 1.165) is 22.4 Å². The Balaban J connectivity index is 1.59. The summed E-state index contributed by atoms with van der Waals surface area (Å²) in [5.41, 5.74) is 5.48. The molecule has 0 saturated heterocycles. The molecule has 10 heteroatoms. The van der Waals surface area contributed by atoms with Crippen LogP contribution in [0.3, 0.4) is 0 Å². The summed E-state index contributed by atoms with van der Waals surface area (Å²) in [6.07, 6.45) is 4.93. The van der Waals surface area contributed by atoms with Crippen molar-refractivity contribution in [2.24, 2.45) is 0 Å². The van der Waals surface area contributed by atoms with Crippen molar-refractivity contribution in [2.45, 2.75) is 13.8 Å². The number of carbonyl (C=O) groups is 1. The van der Waals surface area contributed by atoms with Gasteiger partial charge in [0.1, 0.15) is 18.2 Å². The Morgan fingerprint density at radius 3 is 2.79 bits per heavy atom. The van der Waals surface area contributed by atoms with Gasteiger partial charge in [0.05, 0.1) is 40.4 Å².